The van der Waals surface area contributed by atoms with E-state index >= 15 is 0 Å². The van der Waals surface area contributed by atoms with E-state index in [1.807, 2.05) is 0 Å². The zero-order valence-corrected chi connectivity index (χ0v) is 7.31. The molecule has 0 fully saturated rings. The highest BCUT2D eigenvalue weighted by molar-refractivity contribution is 5.69. The van der Waals surface area contributed by atoms with Crippen LogP contribution >= 0.6 is 0 Å². The van der Waals surface area contributed by atoms with E-state index in [1.54, 1.807) is 6.92 Å². The van der Waals surface area contributed by atoms with Crippen LogP contribution < -0.4 is 11.1 Å². The molecule has 13 heavy (non-hydrogen) atoms. The summed E-state index contributed by atoms with van der Waals surface area (Å²) in [6, 6.07) is 0. The standard InChI is InChI=1S/C9H10N2O2/c1-4-6-7(5(2)3)9(13)11-10-8(6)12/h4H,1-2H2,3H3,(H,10,12)(H,11,13). The molecule has 68 valence electrons. The zero-order chi connectivity index (χ0) is 10.0. The molecule has 1 aromatic rings. The molecular weight excluding hydrogens is 168 g/mol. The molecule has 0 bridgehead atoms. The highest BCUT2D eigenvalue weighted by atomic mass is 16.1. The summed E-state index contributed by atoms with van der Waals surface area (Å²) in [7, 11) is 0. The van der Waals surface area contributed by atoms with Gasteiger partial charge in [-0.3, -0.25) is 19.8 Å². The van der Waals surface area contributed by atoms with Crippen molar-refractivity contribution in [1.82, 2.24) is 10.2 Å². The van der Waals surface area contributed by atoms with Crippen LogP contribution in [0, 0.1) is 0 Å². The Kier molecular flexibility index (Phi) is 2.32. The molecule has 1 rings (SSSR count). The van der Waals surface area contributed by atoms with Gasteiger partial charge in [-0.1, -0.05) is 19.2 Å². The van der Waals surface area contributed by atoms with E-state index in [2.05, 4.69) is 23.4 Å². The lowest BCUT2D eigenvalue weighted by atomic mass is 10.1. The van der Waals surface area contributed by atoms with E-state index in [0.717, 1.165) is 0 Å². The van der Waals surface area contributed by atoms with Gasteiger partial charge in [0.15, 0.2) is 0 Å². The molecule has 0 amide bonds. The van der Waals surface area contributed by atoms with Gasteiger partial charge in [-0.05, 0) is 12.5 Å². The fourth-order valence-corrected chi connectivity index (χ4v) is 1.10. The number of rotatable bonds is 2. The first kappa shape index (κ1) is 9.25. The zero-order valence-electron chi connectivity index (χ0n) is 7.31. The Morgan fingerprint density at radius 3 is 2.23 bits per heavy atom. The fourth-order valence-electron chi connectivity index (χ4n) is 1.10. The molecule has 0 unspecified atom stereocenters. The summed E-state index contributed by atoms with van der Waals surface area (Å²) >= 11 is 0. The quantitative estimate of drug-likeness (QED) is 0.701. The van der Waals surface area contributed by atoms with Crippen LogP contribution in [0.3, 0.4) is 0 Å². The molecule has 0 spiro atoms. The monoisotopic (exact) mass is 178 g/mol. The molecule has 4 nitrogen and oxygen atoms in total. The van der Waals surface area contributed by atoms with Crippen LogP contribution in [0.2, 0.25) is 0 Å². The molecule has 4 heteroatoms. The Labute approximate surface area is 74.6 Å². The Morgan fingerprint density at radius 1 is 1.31 bits per heavy atom. The van der Waals surface area contributed by atoms with Crippen molar-refractivity contribution >= 4 is 11.6 Å². The van der Waals surface area contributed by atoms with E-state index in [9.17, 15) is 9.59 Å². The fraction of sp³-hybridized carbons (Fsp3) is 0.111. The van der Waals surface area contributed by atoms with Gasteiger partial charge in [-0.25, -0.2) is 0 Å². The van der Waals surface area contributed by atoms with Gasteiger partial charge in [0.05, 0.1) is 11.1 Å². The Balaban J connectivity index is 3.73. The molecule has 0 aliphatic carbocycles. The van der Waals surface area contributed by atoms with E-state index in [1.165, 1.54) is 6.08 Å². The third-order valence-corrected chi connectivity index (χ3v) is 1.66. The molecule has 0 radical (unpaired) electrons. The van der Waals surface area contributed by atoms with Crippen molar-refractivity contribution < 1.29 is 0 Å². The molecule has 0 saturated heterocycles. The largest absolute Gasteiger partial charge is 0.270 e. The van der Waals surface area contributed by atoms with Gasteiger partial charge in [-0.15, -0.1) is 0 Å². The van der Waals surface area contributed by atoms with E-state index in [0.29, 0.717) is 11.1 Å². The summed E-state index contributed by atoms with van der Waals surface area (Å²) in [5.41, 5.74) is 0.367. The minimum Gasteiger partial charge on any atom is -0.267 e. The van der Waals surface area contributed by atoms with E-state index in [4.69, 9.17) is 0 Å². The summed E-state index contributed by atoms with van der Waals surface area (Å²) in [5, 5.41) is 4.43. The Morgan fingerprint density at radius 2 is 1.85 bits per heavy atom. The van der Waals surface area contributed by atoms with Gasteiger partial charge < -0.3 is 0 Å². The van der Waals surface area contributed by atoms with E-state index in [-0.39, 0.29) is 16.7 Å². The van der Waals surface area contributed by atoms with Crippen LogP contribution in [0.25, 0.3) is 11.6 Å². The first-order valence-corrected chi connectivity index (χ1v) is 3.71. The second-order valence-electron chi connectivity index (χ2n) is 2.68. The number of aromatic amines is 2. The normalized spacial score (nSPS) is 9.62. The topological polar surface area (TPSA) is 65.7 Å². The molecule has 1 heterocycles. The maximum Gasteiger partial charge on any atom is 0.270 e. The van der Waals surface area contributed by atoms with Crippen LogP contribution in [-0.4, -0.2) is 10.2 Å². The van der Waals surface area contributed by atoms with Gasteiger partial charge in [0, 0.05) is 0 Å². The predicted molar refractivity (Wildman–Crippen MR) is 52.5 cm³/mol. The average Bonchev–Trinajstić information content (AvgIpc) is 2.07. The van der Waals surface area contributed by atoms with Crippen LogP contribution in [0.15, 0.2) is 22.7 Å². The van der Waals surface area contributed by atoms with Gasteiger partial charge >= 0.3 is 0 Å². The highest BCUT2D eigenvalue weighted by Crippen LogP contribution is 2.08. The summed E-state index contributed by atoms with van der Waals surface area (Å²) in [6.45, 7) is 8.74. The molecule has 0 saturated carbocycles. The number of H-pyrrole nitrogens is 2. The van der Waals surface area contributed by atoms with Crippen LogP contribution in [-0.2, 0) is 0 Å². The van der Waals surface area contributed by atoms with Crippen molar-refractivity contribution in [3.05, 3.63) is 45.0 Å². The maximum atomic E-state index is 11.3. The van der Waals surface area contributed by atoms with Crippen molar-refractivity contribution in [1.29, 1.82) is 0 Å². The molecule has 0 aliphatic heterocycles. The molecule has 0 aliphatic rings. The number of aromatic nitrogens is 2. The molecule has 0 aromatic carbocycles. The lowest BCUT2D eigenvalue weighted by Gasteiger charge is -2.01. The number of hydrogen-bond acceptors (Lipinski definition) is 2. The van der Waals surface area contributed by atoms with Gasteiger partial charge in [0.1, 0.15) is 0 Å². The van der Waals surface area contributed by atoms with Crippen LogP contribution in [0.4, 0.5) is 0 Å². The lowest BCUT2D eigenvalue weighted by molar-refractivity contribution is 0.940. The number of hydrogen-bond donors (Lipinski definition) is 2. The first-order chi connectivity index (χ1) is 6.07. The maximum absolute atomic E-state index is 11.3. The second kappa shape index (κ2) is 3.26. The predicted octanol–water partition coefficient (Wildman–Crippen LogP) is 0.739. The first-order valence-electron chi connectivity index (χ1n) is 3.71. The van der Waals surface area contributed by atoms with Gasteiger partial charge in [-0.2, -0.15) is 0 Å². The van der Waals surface area contributed by atoms with Gasteiger partial charge in [0.25, 0.3) is 11.1 Å². The molecular formula is C9H10N2O2. The Hall–Kier alpha value is -1.84. The van der Waals surface area contributed by atoms with Crippen molar-refractivity contribution in [2.24, 2.45) is 0 Å². The average molecular weight is 178 g/mol. The summed E-state index contributed by atoms with van der Waals surface area (Å²) < 4.78 is 0. The molecule has 2 N–H and O–H groups in total. The SMILES string of the molecule is C=Cc1c(C(=C)C)c(=O)[nH][nH]c1=O. The smallest absolute Gasteiger partial charge is 0.267 e. The minimum atomic E-state index is -0.368. The van der Waals surface area contributed by atoms with Crippen LogP contribution in [0.5, 0.6) is 0 Å². The van der Waals surface area contributed by atoms with Gasteiger partial charge in [0.2, 0.25) is 0 Å². The Bertz CT molecular complexity index is 465. The third kappa shape index (κ3) is 1.51. The van der Waals surface area contributed by atoms with Crippen molar-refractivity contribution in [3.8, 4) is 0 Å². The lowest BCUT2D eigenvalue weighted by Crippen LogP contribution is -2.24. The highest BCUT2D eigenvalue weighted by Gasteiger charge is 2.08. The number of allylic oxidation sites excluding steroid dienone is 1. The van der Waals surface area contributed by atoms with Crippen molar-refractivity contribution in [3.63, 3.8) is 0 Å². The minimum absolute atomic E-state index is 0.260. The van der Waals surface area contributed by atoms with Crippen molar-refractivity contribution in [2.75, 3.05) is 0 Å². The van der Waals surface area contributed by atoms with Crippen molar-refractivity contribution in [2.45, 2.75) is 6.92 Å². The molecule has 0 atom stereocenters. The summed E-state index contributed by atoms with van der Waals surface area (Å²) in [4.78, 5) is 22.4. The number of nitrogens with one attached hydrogen (secondary N) is 2. The summed E-state index contributed by atoms with van der Waals surface area (Å²) in [5.74, 6) is 0. The molecule has 1 aromatic heterocycles. The van der Waals surface area contributed by atoms with Crippen LogP contribution in [0.1, 0.15) is 18.1 Å². The van der Waals surface area contributed by atoms with E-state index < -0.39 is 0 Å². The third-order valence-electron chi connectivity index (χ3n) is 1.66. The second-order valence-corrected chi connectivity index (χ2v) is 2.68. The summed E-state index contributed by atoms with van der Waals surface area (Å²) in [6.07, 6.45) is 1.35.